The second-order valence-electron chi connectivity index (χ2n) is 6.04. The molecule has 1 amide bonds. The second kappa shape index (κ2) is 8.17. The molecule has 0 saturated heterocycles. The summed E-state index contributed by atoms with van der Waals surface area (Å²) in [5.41, 5.74) is 3.10. The van der Waals surface area contributed by atoms with Gasteiger partial charge in [-0.15, -0.1) is 0 Å². The summed E-state index contributed by atoms with van der Waals surface area (Å²) in [6.07, 6.45) is 2.11. The SMILES string of the molecule is CCCC(=O)NCCc1nc2ccccc2n1Cc1ccccc1Cl. The van der Waals surface area contributed by atoms with Crippen molar-refractivity contribution in [3.8, 4) is 0 Å². The first kappa shape index (κ1) is 17.5. The highest BCUT2D eigenvalue weighted by Crippen LogP contribution is 2.22. The van der Waals surface area contributed by atoms with Crippen LogP contribution in [0.3, 0.4) is 0 Å². The van der Waals surface area contributed by atoms with Crippen molar-refractivity contribution in [1.82, 2.24) is 14.9 Å². The van der Waals surface area contributed by atoms with Crippen LogP contribution in [0.5, 0.6) is 0 Å². The summed E-state index contributed by atoms with van der Waals surface area (Å²) >= 11 is 6.33. The fourth-order valence-electron chi connectivity index (χ4n) is 2.92. The van der Waals surface area contributed by atoms with Crippen LogP contribution in [0.4, 0.5) is 0 Å². The molecule has 1 aromatic heterocycles. The molecule has 0 radical (unpaired) electrons. The lowest BCUT2D eigenvalue weighted by atomic mass is 10.2. The minimum atomic E-state index is 0.0938. The molecule has 0 spiro atoms. The summed E-state index contributed by atoms with van der Waals surface area (Å²) in [6, 6.07) is 15.9. The summed E-state index contributed by atoms with van der Waals surface area (Å²) in [5.74, 6) is 1.05. The maximum Gasteiger partial charge on any atom is 0.219 e. The van der Waals surface area contributed by atoms with Crippen LogP contribution in [0.2, 0.25) is 5.02 Å². The van der Waals surface area contributed by atoms with Crippen LogP contribution in [-0.4, -0.2) is 22.0 Å². The van der Waals surface area contributed by atoms with Crippen LogP contribution in [0.25, 0.3) is 11.0 Å². The Labute approximate surface area is 152 Å². The zero-order valence-corrected chi connectivity index (χ0v) is 15.1. The quantitative estimate of drug-likeness (QED) is 0.690. The molecule has 0 aliphatic rings. The fraction of sp³-hybridized carbons (Fsp3) is 0.300. The van der Waals surface area contributed by atoms with E-state index in [9.17, 15) is 4.79 Å². The van der Waals surface area contributed by atoms with Gasteiger partial charge < -0.3 is 9.88 Å². The van der Waals surface area contributed by atoms with Gasteiger partial charge in [0.2, 0.25) is 5.91 Å². The molecule has 2 aromatic carbocycles. The molecule has 0 unspecified atom stereocenters. The minimum Gasteiger partial charge on any atom is -0.356 e. The van der Waals surface area contributed by atoms with Gasteiger partial charge in [0.1, 0.15) is 5.82 Å². The van der Waals surface area contributed by atoms with Crippen molar-refractivity contribution >= 4 is 28.5 Å². The van der Waals surface area contributed by atoms with E-state index in [2.05, 4.69) is 16.0 Å². The molecule has 25 heavy (non-hydrogen) atoms. The molecule has 4 nitrogen and oxygen atoms in total. The van der Waals surface area contributed by atoms with E-state index in [0.717, 1.165) is 33.9 Å². The zero-order valence-electron chi connectivity index (χ0n) is 14.3. The van der Waals surface area contributed by atoms with Crippen molar-refractivity contribution in [2.24, 2.45) is 0 Å². The zero-order chi connectivity index (χ0) is 17.6. The number of carbonyl (C=O) groups is 1. The van der Waals surface area contributed by atoms with Gasteiger partial charge in [0.25, 0.3) is 0 Å². The number of para-hydroxylation sites is 2. The Hall–Kier alpha value is -2.33. The molecule has 5 heteroatoms. The normalized spacial score (nSPS) is 11.0. The second-order valence-corrected chi connectivity index (χ2v) is 6.45. The Kier molecular flexibility index (Phi) is 5.71. The number of aromatic nitrogens is 2. The Morgan fingerprint density at radius 2 is 1.92 bits per heavy atom. The van der Waals surface area contributed by atoms with Gasteiger partial charge in [0, 0.05) is 24.4 Å². The van der Waals surface area contributed by atoms with Crippen LogP contribution in [-0.2, 0) is 17.8 Å². The molecule has 0 atom stereocenters. The molecule has 0 saturated carbocycles. The third kappa shape index (κ3) is 4.20. The first-order chi connectivity index (χ1) is 12.2. The van der Waals surface area contributed by atoms with Crippen LogP contribution in [0, 0.1) is 0 Å². The molecule has 0 fully saturated rings. The molecule has 130 valence electrons. The monoisotopic (exact) mass is 355 g/mol. The number of nitrogens with one attached hydrogen (secondary N) is 1. The number of halogens is 1. The van der Waals surface area contributed by atoms with E-state index in [0.29, 0.717) is 25.9 Å². The third-order valence-electron chi connectivity index (χ3n) is 4.17. The first-order valence-electron chi connectivity index (χ1n) is 8.63. The van der Waals surface area contributed by atoms with Crippen LogP contribution in [0.15, 0.2) is 48.5 Å². The lowest BCUT2D eigenvalue weighted by Crippen LogP contribution is -2.26. The van der Waals surface area contributed by atoms with Gasteiger partial charge >= 0.3 is 0 Å². The number of nitrogens with zero attached hydrogens (tertiary/aromatic N) is 2. The molecule has 0 aliphatic carbocycles. The van der Waals surface area contributed by atoms with Crippen molar-refractivity contribution in [2.75, 3.05) is 6.54 Å². The predicted octanol–water partition coefficient (Wildman–Crippen LogP) is 4.20. The minimum absolute atomic E-state index is 0.0938. The highest BCUT2D eigenvalue weighted by molar-refractivity contribution is 6.31. The summed E-state index contributed by atoms with van der Waals surface area (Å²) in [5, 5.41) is 3.71. The van der Waals surface area contributed by atoms with Gasteiger partial charge in [-0.05, 0) is 30.2 Å². The number of benzene rings is 2. The maximum atomic E-state index is 11.7. The number of fused-ring (bicyclic) bond motifs is 1. The van der Waals surface area contributed by atoms with Crippen molar-refractivity contribution < 1.29 is 4.79 Å². The highest BCUT2D eigenvalue weighted by Gasteiger charge is 2.12. The van der Waals surface area contributed by atoms with Crippen LogP contribution in [0.1, 0.15) is 31.2 Å². The Balaban J connectivity index is 1.85. The summed E-state index contributed by atoms with van der Waals surface area (Å²) < 4.78 is 2.18. The first-order valence-corrected chi connectivity index (χ1v) is 9.01. The Morgan fingerprint density at radius 3 is 2.72 bits per heavy atom. The molecule has 3 rings (SSSR count). The average Bonchev–Trinajstić information content (AvgIpc) is 2.95. The van der Waals surface area contributed by atoms with E-state index in [1.807, 2.05) is 49.4 Å². The van der Waals surface area contributed by atoms with Gasteiger partial charge in [-0.1, -0.05) is 48.9 Å². The highest BCUT2D eigenvalue weighted by atomic mass is 35.5. The third-order valence-corrected chi connectivity index (χ3v) is 4.54. The molecular formula is C20H22ClN3O. The molecule has 1 heterocycles. The largest absolute Gasteiger partial charge is 0.356 e. The molecule has 0 bridgehead atoms. The number of hydrogen-bond acceptors (Lipinski definition) is 2. The van der Waals surface area contributed by atoms with Crippen molar-refractivity contribution in [2.45, 2.75) is 32.7 Å². The fourth-order valence-corrected chi connectivity index (χ4v) is 3.11. The van der Waals surface area contributed by atoms with Gasteiger partial charge in [-0.25, -0.2) is 4.98 Å². The molecule has 1 N–H and O–H groups in total. The van der Waals surface area contributed by atoms with E-state index < -0.39 is 0 Å². The number of hydrogen-bond donors (Lipinski definition) is 1. The van der Waals surface area contributed by atoms with Gasteiger partial charge in [0.15, 0.2) is 0 Å². The topological polar surface area (TPSA) is 46.9 Å². The van der Waals surface area contributed by atoms with Crippen LogP contribution < -0.4 is 5.32 Å². The van der Waals surface area contributed by atoms with E-state index in [4.69, 9.17) is 16.6 Å². The van der Waals surface area contributed by atoms with E-state index >= 15 is 0 Å². The lowest BCUT2D eigenvalue weighted by molar-refractivity contribution is -0.121. The number of rotatable bonds is 7. The van der Waals surface area contributed by atoms with Crippen LogP contribution >= 0.6 is 11.6 Å². The average molecular weight is 356 g/mol. The van der Waals surface area contributed by atoms with E-state index in [1.54, 1.807) is 0 Å². The Bertz CT molecular complexity index is 872. The maximum absolute atomic E-state index is 11.7. The van der Waals surface area contributed by atoms with Crippen molar-refractivity contribution in [3.63, 3.8) is 0 Å². The van der Waals surface area contributed by atoms with Gasteiger partial charge in [-0.2, -0.15) is 0 Å². The van der Waals surface area contributed by atoms with Gasteiger partial charge in [0.05, 0.1) is 17.6 Å². The lowest BCUT2D eigenvalue weighted by Gasteiger charge is -2.11. The number of amides is 1. The van der Waals surface area contributed by atoms with Crippen molar-refractivity contribution in [3.05, 3.63) is 64.9 Å². The van der Waals surface area contributed by atoms with Gasteiger partial charge in [-0.3, -0.25) is 4.79 Å². The number of imidazole rings is 1. The van der Waals surface area contributed by atoms with E-state index in [-0.39, 0.29) is 5.91 Å². The molecule has 0 aliphatic heterocycles. The summed E-state index contributed by atoms with van der Waals surface area (Å²) in [4.78, 5) is 16.4. The standard InChI is InChI=1S/C20H22ClN3O/c1-2-7-20(25)22-13-12-19-23-17-10-5-6-11-18(17)24(19)14-15-8-3-4-9-16(15)21/h3-6,8-11H,2,7,12-14H2,1H3,(H,22,25). The summed E-state index contributed by atoms with van der Waals surface area (Å²) in [6.45, 7) is 3.26. The Morgan fingerprint density at radius 1 is 1.16 bits per heavy atom. The van der Waals surface area contributed by atoms with Crippen molar-refractivity contribution in [1.29, 1.82) is 0 Å². The number of carbonyl (C=O) groups excluding carboxylic acids is 1. The predicted molar refractivity (Wildman–Crippen MR) is 102 cm³/mol. The molecular weight excluding hydrogens is 334 g/mol. The van der Waals surface area contributed by atoms with E-state index in [1.165, 1.54) is 0 Å². The molecule has 3 aromatic rings. The summed E-state index contributed by atoms with van der Waals surface area (Å²) in [7, 11) is 0. The smallest absolute Gasteiger partial charge is 0.219 e.